The van der Waals surface area contributed by atoms with Crippen molar-refractivity contribution >= 4 is 22.9 Å². The van der Waals surface area contributed by atoms with Crippen LogP contribution >= 0.6 is 0 Å². The van der Waals surface area contributed by atoms with Crippen LogP contribution in [0, 0.1) is 17.7 Å². The molecule has 1 atom stereocenters. The Balaban J connectivity index is 1.17. The summed E-state index contributed by atoms with van der Waals surface area (Å²) in [7, 11) is 0. The van der Waals surface area contributed by atoms with Crippen molar-refractivity contribution in [3.05, 3.63) is 89.7 Å². The highest BCUT2D eigenvalue weighted by molar-refractivity contribution is 5.97. The molecule has 2 amide bonds. The zero-order chi connectivity index (χ0) is 25.1. The normalized spacial score (nSPS) is 15.1. The number of nitrogens with zero attached hydrogens (tertiary/aromatic N) is 2. The SMILES string of the molecule is CC(C(=O)NCc1ccc(F)cc1)C1CCN(C(=O)c2ccc3nc(-c4ccccc4)oc3c2)CC1. The predicted octanol–water partition coefficient (Wildman–Crippen LogP) is 5.44. The number of rotatable bonds is 6. The highest BCUT2D eigenvalue weighted by Crippen LogP contribution is 2.28. The fourth-order valence-electron chi connectivity index (χ4n) is 4.71. The van der Waals surface area contributed by atoms with Crippen molar-refractivity contribution in [2.75, 3.05) is 13.1 Å². The number of carbonyl (C=O) groups is 2. The van der Waals surface area contributed by atoms with E-state index >= 15 is 0 Å². The average molecular weight is 486 g/mol. The predicted molar refractivity (Wildman–Crippen MR) is 135 cm³/mol. The highest BCUT2D eigenvalue weighted by atomic mass is 19.1. The van der Waals surface area contributed by atoms with Crippen molar-refractivity contribution in [2.45, 2.75) is 26.3 Å². The third kappa shape index (κ3) is 5.15. The van der Waals surface area contributed by atoms with E-state index in [0.29, 0.717) is 42.2 Å². The first-order valence-corrected chi connectivity index (χ1v) is 12.3. The fraction of sp³-hybridized carbons (Fsp3) is 0.276. The van der Waals surface area contributed by atoms with Gasteiger partial charge in [-0.15, -0.1) is 0 Å². The molecule has 0 saturated carbocycles. The van der Waals surface area contributed by atoms with Crippen LogP contribution in [0.4, 0.5) is 4.39 Å². The molecule has 184 valence electrons. The lowest BCUT2D eigenvalue weighted by atomic mass is 9.84. The first kappa shape index (κ1) is 23.7. The van der Waals surface area contributed by atoms with E-state index in [1.54, 1.807) is 24.3 Å². The van der Waals surface area contributed by atoms with Gasteiger partial charge >= 0.3 is 0 Å². The number of piperidine rings is 1. The van der Waals surface area contributed by atoms with Crippen molar-refractivity contribution in [2.24, 2.45) is 11.8 Å². The van der Waals surface area contributed by atoms with Crippen molar-refractivity contribution in [1.82, 2.24) is 15.2 Å². The third-order valence-corrected chi connectivity index (χ3v) is 6.98. The maximum absolute atomic E-state index is 13.2. The van der Waals surface area contributed by atoms with E-state index in [-0.39, 0.29) is 29.5 Å². The molecule has 7 heteroatoms. The molecule has 6 nitrogen and oxygen atoms in total. The van der Waals surface area contributed by atoms with Crippen LogP contribution in [0.2, 0.25) is 0 Å². The van der Waals surface area contributed by atoms with E-state index in [1.165, 1.54) is 12.1 Å². The van der Waals surface area contributed by atoms with Gasteiger partial charge in [-0.3, -0.25) is 9.59 Å². The molecule has 4 aromatic rings. The zero-order valence-corrected chi connectivity index (χ0v) is 20.1. The lowest BCUT2D eigenvalue weighted by Gasteiger charge is -2.34. The maximum Gasteiger partial charge on any atom is 0.253 e. The lowest BCUT2D eigenvalue weighted by Crippen LogP contribution is -2.42. The summed E-state index contributed by atoms with van der Waals surface area (Å²) in [5.74, 6) is 0.216. The minimum absolute atomic E-state index is 0.0194. The molecule has 1 aliphatic rings. The highest BCUT2D eigenvalue weighted by Gasteiger charge is 2.30. The molecule has 1 aromatic heterocycles. The number of hydrogen-bond donors (Lipinski definition) is 1. The topological polar surface area (TPSA) is 75.4 Å². The smallest absolute Gasteiger partial charge is 0.253 e. The standard InChI is InChI=1S/C29H28FN3O3/c1-19(27(34)31-18-20-7-10-24(30)11-8-20)21-13-15-33(16-14-21)29(35)23-9-12-25-26(17-23)36-28(32-25)22-5-3-2-4-6-22/h2-12,17,19,21H,13-16,18H2,1H3,(H,31,34). The number of amides is 2. The van der Waals surface area contributed by atoms with Crippen molar-refractivity contribution in [3.63, 3.8) is 0 Å². The number of oxazole rings is 1. The Morgan fingerprint density at radius 1 is 1.06 bits per heavy atom. The van der Waals surface area contributed by atoms with Crippen LogP contribution in [0.1, 0.15) is 35.7 Å². The van der Waals surface area contributed by atoms with E-state index in [2.05, 4.69) is 10.3 Å². The molecule has 0 radical (unpaired) electrons. The van der Waals surface area contributed by atoms with Crippen molar-refractivity contribution in [1.29, 1.82) is 0 Å². The molecule has 5 rings (SSSR count). The van der Waals surface area contributed by atoms with Gasteiger partial charge in [-0.05, 0) is 66.8 Å². The molecule has 0 spiro atoms. The number of benzene rings is 3. The van der Waals surface area contributed by atoms with Gasteiger partial charge in [-0.1, -0.05) is 37.3 Å². The van der Waals surface area contributed by atoms with Crippen LogP contribution < -0.4 is 5.32 Å². The van der Waals surface area contributed by atoms with Crippen LogP contribution in [0.25, 0.3) is 22.6 Å². The molecule has 1 unspecified atom stereocenters. The molecule has 0 aliphatic carbocycles. The van der Waals surface area contributed by atoms with Crippen LogP contribution in [0.15, 0.2) is 77.2 Å². The van der Waals surface area contributed by atoms with Gasteiger partial charge in [0.05, 0.1) is 0 Å². The Hall–Kier alpha value is -4.00. The molecule has 3 aromatic carbocycles. The monoisotopic (exact) mass is 485 g/mol. The second-order valence-electron chi connectivity index (χ2n) is 9.33. The Bertz CT molecular complexity index is 1360. The van der Waals surface area contributed by atoms with Gasteiger partial charge in [-0.25, -0.2) is 9.37 Å². The van der Waals surface area contributed by atoms with Crippen LogP contribution in [-0.4, -0.2) is 34.8 Å². The Kier molecular flexibility index (Phi) is 6.80. The summed E-state index contributed by atoms with van der Waals surface area (Å²) in [5, 5.41) is 2.95. The van der Waals surface area contributed by atoms with Gasteiger partial charge in [0.25, 0.3) is 5.91 Å². The average Bonchev–Trinajstić information content (AvgIpc) is 3.36. The van der Waals surface area contributed by atoms with E-state index in [1.807, 2.05) is 48.2 Å². The number of likely N-dealkylation sites (tertiary alicyclic amines) is 1. The minimum atomic E-state index is -0.294. The molecule has 0 bridgehead atoms. The summed E-state index contributed by atoms with van der Waals surface area (Å²) in [4.78, 5) is 32.2. The van der Waals surface area contributed by atoms with Crippen LogP contribution in [-0.2, 0) is 11.3 Å². The summed E-state index contributed by atoms with van der Waals surface area (Å²) < 4.78 is 19.0. The molecular formula is C29H28FN3O3. The molecule has 1 aliphatic heterocycles. The number of aromatic nitrogens is 1. The van der Waals surface area contributed by atoms with E-state index in [0.717, 1.165) is 24.0 Å². The summed E-state index contributed by atoms with van der Waals surface area (Å²) in [6.07, 6.45) is 1.53. The number of hydrogen-bond acceptors (Lipinski definition) is 4. The number of carbonyl (C=O) groups excluding carboxylic acids is 2. The summed E-state index contributed by atoms with van der Waals surface area (Å²) in [6, 6.07) is 21.2. The van der Waals surface area contributed by atoms with Gasteiger partial charge < -0.3 is 14.6 Å². The van der Waals surface area contributed by atoms with Crippen molar-refractivity contribution < 1.29 is 18.4 Å². The summed E-state index contributed by atoms with van der Waals surface area (Å²) in [6.45, 7) is 3.51. The Morgan fingerprint density at radius 3 is 2.50 bits per heavy atom. The van der Waals surface area contributed by atoms with Crippen LogP contribution in [0.3, 0.4) is 0 Å². The quantitative estimate of drug-likeness (QED) is 0.395. The summed E-state index contributed by atoms with van der Waals surface area (Å²) >= 11 is 0. The molecule has 2 heterocycles. The van der Waals surface area contributed by atoms with Crippen LogP contribution in [0.5, 0.6) is 0 Å². The van der Waals surface area contributed by atoms with Gasteiger partial charge in [0, 0.05) is 36.7 Å². The number of fused-ring (bicyclic) bond motifs is 1. The molecule has 1 fully saturated rings. The third-order valence-electron chi connectivity index (χ3n) is 6.98. The van der Waals surface area contributed by atoms with Gasteiger partial charge in [0.1, 0.15) is 11.3 Å². The maximum atomic E-state index is 13.2. The summed E-state index contributed by atoms with van der Waals surface area (Å²) in [5.41, 5.74) is 3.61. The lowest BCUT2D eigenvalue weighted by molar-refractivity contribution is -0.126. The van der Waals surface area contributed by atoms with Gasteiger partial charge in [0.2, 0.25) is 11.8 Å². The molecule has 1 saturated heterocycles. The van der Waals surface area contributed by atoms with E-state index in [4.69, 9.17) is 4.42 Å². The molecule has 36 heavy (non-hydrogen) atoms. The fourth-order valence-corrected chi connectivity index (χ4v) is 4.71. The number of halogens is 1. The second-order valence-corrected chi connectivity index (χ2v) is 9.33. The first-order valence-electron chi connectivity index (χ1n) is 12.3. The Morgan fingerprint density at radius 2 is 1.78 bits per heavy atom. The van der Waals surface area contributed by atoms with E-state index in [9.17, 15) is 14.0 Å². The van der Waals surface area contributed by atoms with Gasteiger partial charge in [-0.2, -0.15) is 0 Å². The number of nitrogens with one attached hydrogen (secondary N) is 1. The van der Waals surface area contributed by atoms with E-state index < -0.39 is 0 Å². The van der Waals surface area contributed by atoms with Gasteiger partial charge in [0.15, 0.2) is 5.58 Å². The zero-order valence-electron chi connectivity index (χ0n) is 20.1. The largest absolute Gasteiger partial charge is 0.436 e. The first-order chi connectivity index (χ1) is 17.5. The van der Waals surface area contributed by atoms with Crippen molar-refractivity contribution in [3.8, 4) is 11.5 Å². The second kappa shape index (κ2) is 10.3. The molecular weight excluding hydrogens is 457 g/mol. The molecule has 1 N–H and O–H groups in total. The Labute approximate surface area is 209 Å². The minimum Gasteiger partial charge on any atom is -0.436 e.